The maximum atomic E-state index is 12.5. The van der Waals surface area contributed by atoms with Crippen LogP contribution >= 0.6 is 0 Å². The van der Waals surface area contributed by atoms with E-state index in [1.165, 1.54) is 5.56 Å². The van der Waals surface area contributed by atoms with Crippen LogP contribution in [0, 0.1) is 0 Å². The van der Waals surface area contributed by atoms with Crippen LogP contribution in [0.3, 0.4) is 0 Å². The van der Waals surface area contributed by atoms with Gasteiger partial charge >= 0.3 is 6.09 Å². The molecule has 2 atom stereocenters. The predicted molar refractivity (Wildman–Crippen MR) is 96.3 cm³/mol. The van der Waals surface area contributed by atoms with Crippen molar-refractivity contribution in [2.24, 2.45) is 0 Å². The number of carbonyl (C=O) groups excluding carboxylic acids is 2. The van der Waals surface area contributed by atoms with E-state index < -0.39 is 5.60 Å². The van der Waals surface area contributed by atoms with Gasteiger partial charge < -0.3 is 14.5 Å². The Balaban J connectivity index is 1.64. The number of ether oxygens (including phenoxy) is 1. The van der Waals surface area contributed by atoms with Crippen LogP contribution in [-0.4, -0.2) is 48.1 Å². The van der Waals surface area contributed by atoms with E-state index in [4.69, 9.17) is 4.74 Å². The summed E-state index contributed by atoms with van der Waals surface area (Å²) in [7, 11) is 0. The molecule has 0 aromatic heterocycles. The van der Waals surface area contributed by atoms with Crippen molar-refractivity contribution < 1.29 is 14.3 Å². The summed E-state index contributed by atoms with van der Waals surface area (Å²) in [6.07, 6.45) is 2.23. The van der Waals surface area contributed by atoms with E-state index >= 15 is 0 Å². The van der Waals surface area contributed by atoms with Gasteiger partial charge in [-0.1, -0.05) is 12.1 Å². The molecule has 4 rings (SSSR count). The molecule has 25 heavy (non-hydrogen) atoms. The lowest BCUT2D eigenvalue weighted by Crippen LogP contribution is -2.49. The number of Topliss-reactive ketones (excluding diaryl/α,β-unsaturated/α-hetero) is 1. The second-order valence-electron chi connectivity index (χ2n) is 8.35. The first-order chi connectivity index (χ1) is 11.8. The van der Waals surface area contributed by atoms with Gasteiger partial charge in [0, 0.05) is 43.6 Å². The number of likely N-dealkylation sites (tertiary alicyclic amines) is 1. The zero-order valence-electron chi connectivity index (χ0n) is 15.2. The van der Waals surface area contributed by atoms with Crippen LogP contribution in [0.4, 0.5) is 10.5 Å². The average Bonchev–Trinajstić information content (AvgIpc) is 2.76. The maximum Gasteiger partial charge on any atom is 0.410 e. The molecule has 0 spiro atoms. The number of amides is 1. The molecule has 5 nitrogen and oxygen atoms in total. The number of hydrogen-bond acceptors (Lipinski definition) is 4. The minimum atomic E-state index is -0.478. The van der Waals surface area contributed by atoms with Gasteiger partial charge in [-0.3, -0.25) is 4.79 Å². The molecule has 0 unspecified atom stereocenters. The molecule has 0 saturated carbocycles. The first-order valence-electron chi connectivity index (χ1n) is 9.26. The Morgan fingerprint density at radius 3 is 2.80 bits per heavy atom. The maximum absolute atomic E-state index is 12.5. The third-order valence-electron chi connectivity index (χ3n) is 5.49. The first-order valence-corrected chi connectivity index (χ1v) is 9.26. The number of hydrogen-bond donors (Lipinski definition) is 0. The summed E-state index contributed by atoms with van der Waals surface area (Å²) < 4.78 is 5.56. The zero-order valence-corrected chi connectivity index (χ0v) is 15.2. The summed E-state index contributed by atoms with van der Waals surface area (Å²) >= 11 is 0. The van der Waals surface area contributed by atoms with Crippen molar-refractivity contribution in [3.05, 3.63) is 29.3 Å². The smallest absolute Gasteiger partial charge is 0.410 e. The van der Waals surface area contributed by atoms with Gasteiger partial charge in [-0.2, -0.15) is 0 Å². The molecule has 0 bridgehead atoms. The Bertz CT molecular complexity index is 722. The molecule has 5 heteroatoms. The number of fused-ring (bicyclic) bond motifs is 3. The number of ketones is 1. The fraction of sp³-hybridized carbons (Fsp3) is 0.600. The van der Waals surface area contributed by atoms with E-state index in [1.807, 2.05) is 37.8 Å². The monoisotopic (exact) mass is 342 g/mol. The van der Waals surface area contributed by atoms with Crippen LogP contribution in [0.15, 0.2) is 18.2 Å². The van der Waals surface area contributed by atoms with Gasteiger partial charge in [0.2, 0.25) is 0 Å². The summed E-state index contributed by atoms with van der Waals surface area (Å²) in [5.41, 5.74) is 2.75. The molecule has 1 aromatic rings. The largest absolute Gasteiger partial charge is 0.444 e. The van der Waals surface area contributed by atoms with E-state index in [9.17, 15) is 9.59 Å². The van der Waals surface area contributed by atoms with Crippen molar-refractivity contribution in [1.29, 1.82) is 0 Å². The van der Waals surface area contributed by atoms with Crippen molar-refractivity contribution in [2.75, 3.05) is 24.5 Å². The molecule has 0 N–H and O–H groups in total. The number of rotatable bonds is 0. The second kappa shape index (κ2) is 5.75. The highest BCUT2D eigenvalue weighted by atomic mass is 16.6. The number of anilines is 1. The van der Waals surface area contributed by atoms with Gasteiger partial charge in [0.25, 0.3) is 0 Å². The van der Waals surface area contributed by atoms with Crippen molar-refractivity contribution in [2.45, 2.75) is 57.6 Å². The molecular formula is C20H26N2O3. The Morgan fingerprint density at radius 2 is 2.04 bits per heavy atom. The van der Waals surface area contributed by atoms with Crippen molar-refractivity contribution in [3.8, 4) is 0 Å². The fourth-order valence-corrected chi connectivity index (χ4v) is 4.50. The zero-order chi connectivity index (χ0) is 17.8. The summed E-state index contributed by atoms with van der Waals surface area (Å²) in [4.78, 5) is 29.2. The van der Waals surface area contributed by atoms with Crippen molar-refractivity contribution in [1.82, 2.24) is 4.90 Å². The highest BCUT2D eigenvalue weighted by molar-refractivity contribution is 6.03. The normalized spacial score (nSPS) is 25.3. The molecule has 1 amide bonds. The lowest BCUT2D eigenvalue weighted by molar-refractivity contribution is 0.0189. The van der Waals surface area contributed by atoms with Crippen LogP contribution in [-0.2, 0) is 4.74 Å². The number of nitrogens with zero attached hydrogens (tertiary/aromatic N) is 2. The quantitative estimate of drug-likeness (QED) is 0.723. The Labute approximate surface area is 148 Å². The van der Waals surface area contributed by atoms with Crippen LogP contribution in [0.2, 0.25) is 0 Å². The summed E-state index contributed by atoms with van der Waals surface area (Å²) in [5, 5.41) is 0. The van der Waals surface area contributed by atoms with Crippen LogP contribution in [0.5, 0.6) is 0 Å². The molecule has 1 aromatic carbocycles. The van der Waals surface area contributed by atoms with Crippen LogP contribution in [0.25, 0.3) is 0 Å². The number of benzene rings is 1. The number of para-hydroxylation sites is 1. The molecule has 1 saturated heterocycles. The highest BCUT2D eigenvalue weighted by Crippen LogP contribution is 2.47. The standard InChI is InChI=1S/C20H26N2O3/c1-20(2,3)25-19(24)21-11-9-16-15(12-21)13-6-4-7-14-17(23)8-5-10-22(16)18(13)14/h4,6-7,15-16H,5,8-12H2,1-3H3/t15-,16-/m1/s1. The number of carbonyl (C=O) groups is 2. The first kappa shape index (κ1) is 16.4. The second-order valence-corrected chi connectivity index (χ2v) is 8.35. The van der Waals surface area contributed by atoms with Crippen LogP contribution in [0.1, 0.15) is 61.9 Å². The molecule has 3 aliphatic rings. The third-order valence-corrected chi connectivity index (χ3v) is 5.49. The molecule has 0 aliphatic carbocycles. The Morgan fingerprint density at radius 1 is 1.24 bits per heavy atom. The lowest BCUT2D eigenvalue weighted by atomic mass is 9.88. The van der Waals surface area contributed by atoms with Gasteiger partial charge in [-0.05, 0) is 45.2 Å². The van der Waals surface area contributed by atoms with E-state index in [0.717, 1.165) is 30.6 Å². The number of piperidine rings is 1. The molecule has 0 radical (unpaired) electrons. The lowest BCUT2D eigenvalue weighted by Gasteiger charge is -2.39. The third kappa shape index (κ3) is 2.79. The fourth-order valence-electron chi connectivity index (χ4n) is 4.50. The summed E-state index contributed by atoms with van der Waals surface area (Å²) in [6, 6.07) is 6.47. The molecule has 1 fully saturated rings. The van der Waals surface area contributed by atoms with E-state index in [1.54, 1.807) is 0 Å². The highest BCUT2D eigenvalue weighted by Gasteiger charge is 2.45. The van der Waals surface area contributed by atoms with Crippen molar-refractivity contribution in [3.63, 3.8) is 0 Å². The molecular weight excluding hydrogens is 316 g/mol. The Kier molecular flexibility index (Phi) is 3.78. The van der Waals surface area contributed by atoms with Crippen molar-refractivity contribution >= 4 is 17.6 Å². The van der Waals surface area contributed by atoms with E-state index in [-0.39, 0.29) is 17.8 Å². The SMILES string of the molecule is CC(C)(C)OC(=O)N1CC[C@@H]2[C@H](C1)c1cccc3c1N2CCCC3=O. The molecule has 3 aliphatic heterocycles. The molecule has 3 heterocycles. The topological polar surface area (TPSA) is 49.9 Å². The molecule has 134 valence electrons. The van der Waals surface area contributed by atoms with E-state index in [0.29, 0.717) is 25.6 Å². The van der Waals surface area contributed by atoms with E-state index in [2.05, 4.69) is 11.0 Å². The Hall–Kier alpha value is -2.04. The van der Waals surface area contributed by atoms with Crippen LogP contribution < -0.4 is 4.90 Å². The predicted octanol–water partition coefficient (Wildman–Crippen LogP) is 3.58. The van der Waals surface area contributed by atoms with Gasteiger partial charge in [0.1, 0.15) is 5.60 Å². The average molecular weight is 342 g/mol. The minimum absolute atomic E-state index is 0.231. The van der Waals surface area contributed by atoms with Gasteiger partial charge in [0.05, 0.1) is 5.69 Å². The summed E-state index contributed by atoms with van der Waals surface area (Å²) in [6.45, 7) is 8.00. The van der Waals surface area contributed by atoms with Gasteiger partial charge in [-0.15, -0.1) is 0 Å². The van der Waals surface area contributed by atoms with Gasteiger partial charge in [0.15, 0.2) is 5.78 Å². The minimum Gasteiger partial charge on any atom is -0.444 e. The summed E-state index contributed by atoms with van der Waals surface area (Å²) in [5.74, 6) is 0.518. The van der Waals surface area contributed by atoms with Gasteiger partial charge in [-0.25, -0.2) is 4.79 Å².